The smallest absolute Gasteiger partial charge is 0.341 e. The van der Waals surface area contributed by atoms with E-state index in [-0.39, 0.29) is 12.5 Å². The SMILES string of the molecule is CCOC(=O)c1c(NC(=O)c2cc(OCC)c(OCC)c(OCC)c2)sc2c1CCN(C(C)=O)C2. The molecule has 1 N–H and O–H groups in total. The lowest BCUT2D eigenvalue weighted by atomic mass is 10.0. The number of anilines is 1. The molecule has 190 valence electrons. The summed E-state index contributed by atoms with van der Waals surface area (Å²) >= 11 is 1.29. The Hall–Kier alpha value is -3.27. The Morgan fingerprint density at radius 1 is 0.971 bits per heavy atom. The number of thiophene rings is 1. The number of ether oxygens (including phenoxy) is 4. The molecule has 2 heterocycles. The quantitative estimate of drug-likeness (QED) is 0.482. The molecule has 0 fully saturated rings. The number of rotatable bonds is 10. The maximum absolute atomic E-state index is 13.3. The monoisotopic (exact) mass is 504 g/mol. The normalized spacial score (nSPS) is 12.5. The third-order valence-electron chi connectivity index (χ3n) is 5.38. The summed E-state index contributed by atoms with van der Waals surface area (Å²) < 4.78 is 22.4. The average Bonchev–Trinajstić information content (AvgIpc) is 3.18. The molecule has 0 spiro atoms. The molecule has 0 unspecified atom stereocenters. The molecule has 3 rings (SSSR count). The molecule has 0 saturated carbocycles. The van der Waals surface area contributed by atoms with Gasteiger partial charge in [0.2, 0.25) is 11.7 Å². The topological polar surface area (TPSA) is 103 Å². The Balaban J connectivity index is 2.00. The van der Waals surface area contributed by atoms with Gasteiger partial charge in [0, 0.05) is 23.9 Å². The number of hydrogen-bond acceptors (Lipinski definition) is 8. The van der Waals surface area contributed by atoms with E-state index in [1.807, 2.05) is 20.8 Å². The van der Waals surface area contributed by atoms with Gasteiger partial charge in [-0.05, 0) is 51.8 Å². The first-order chi connectivity index (χ1) is 16.8. The molecule has 1 aliphatic rings. The molecule has 1 aromatic carbocycles. The van der Waals surface area contributed by atoms with Gasteiger partial charge in [0.05, 0.1) is 38.5 Å². The molecule has 2 aromatic rings. The maximum Gasteiger partial charge on any atom is 0.341 e. The zero-order valence-electron chi connectivity index (χ0n) is 20.8. The van der Waals surface area contributed by atoms with Gasteiger partial charge >= 0.3 is 5.97 Å². The van der Waals surface area contributed by atoms with E-state index in [2.05, 4.69) is 5.32 Å². The number of carbonyl (C=O) groups is 3. The molecule has 0 aliphatic carbocycles. The fraction of sp³-hybridized carbons (Fsp3) is 0.480. The van der Waals surface area contributed by atoms with Gasteiger partial charge in [-0.25, -0.2) is 4.79 Å². The van der Waals surface area contributed by atoms with E-state index in [9.17, 15) is 14.4 Å². The number of nitrogens with zero attached hydrogens (tertiary/aromatic N) is 1. The third kappa shape index (κ3) is 5.87. The fourth-order valence-electron chi connectivity index (χ4n) is 3.87. The molecule has 2 amide bonds. The Kier molecular flexibility index (Phi) is 8.97. The Morgan fingerprint density at radius 2 is 1.60 bits per heavy atom. The van der Waals surface area contributed by atoms with Gasteiger partial charge in [-0.15, -0.1) is 11.3 Å². The van der Waals surface area contributed by atoms with Gasteiger partial charge in [0.1, 0.15) is 5.00 Å². The van der Waals surface area contributed by atoms with E-state index in [1.54, 1.807) is 24.0 Å². The minimum Gasteiger partial charge on any atom is -0.490 e. The lowest BCUT2D eigenvalue weighted by molar-refractivity contribution is -0.129. The van der Waals surface area contributed by atoms with Crippen LogP contribution in [0.25, 0.3) is 0 Å². The predicted octanol–water partition coefficient (Wildman–Crippen LogP) is 4.28. The van der Waals surface area contributed by atoms with Crippen molar-refractivity contribution < 1.29 is 33.3 Å². The van der Waals surface area contributed by atoms with Gasteiger partial charge < -0.3 is 29.2 Å². The number of benzene rings is 1. The van der Waals surface area contributed by atoms with Crippen molar-refractivity contribution in [2.45, 2.75) is 47.6 Å². The number of nitrogens with one attached hydrogen (secondary N) is 1. The fourth-order valence-corrected chi connectivity index (χ4v) is 5.12. The van der Waals surface area contributed by atoms with Gasteiger partial charge in [0.15, 0.2) is 11.5 Å². The van der Waals surface area contributed by atoms with Crippen LogP contribution in [0.1, 0.15) is 65.8 Å². The summed E-state index contributed by atoms with van der Waals surface area (Å²) in [6, 6.07) is 3.20. The summed E-state index contributed by atoms with van der Waals surface area (Å²) in [6.45, 7) is 11.1. The summed E-state index contributed by atoms with van der Waals surface area (Å²) in [5, 5.41) is 3.28. The highest BCUT2D eigenvalue weighted by Gasteiger charge is 2.30. The summed E-state index contributed by atoms with van der Waals surface area (Å²) in [4.78, 5) is 40.6. The maximum atomic E-state index is 13.3. The van der Waals surface area contributed by atoms with Gasteiger partial charge in [-0.2, -0.15) is 0 Å². The third-order valence-corrected chi connectivity index (χ3v) is 6.51. The van der Waals surface area contributed by atoms with Gasteiger partial charge in [-0.1, -0.05) is 0 Å². The van der Waals surface area contributed by atoms with Crippen molar-refractivity contribution in [2.75, 3.05) is 38.3 Å². The second kappa shape index (κ2) is 11.9. The minimum atomic E-state index is -0.492. The largest absolute Gasteiger partial charge is 0.490 e. The van der Waals surface area contributed by atoms with Crippen molar-refractivity contribution in [3.8, 4) is 17.2 Å². The van der Waals surface area contributed by atoms with Gasteiger partial charge in [0.25, 0.3) is 5.91 Å². The highest BCUT2D eigenvalue weighted by atomic mass is 32.1. The van der Waals surface area contributed by atoms with Gasteiger partial charge in [-0.3, -0.25) is 9.59 Å². The van der Waals surface area contributed by atoms with E-state index in [0.29, 0.717) is 72.7 Å². The minimum absolute atomic E-state index is 0.0337. The second-order valence-corrected chi connectivity index (χ2v) is 8.78. The van der Waals surface area contributed by atoms with Crippen molar-refractivity contribution in [3.05, 3.63) is 33.7 Å². The van der Waals surface area contributed by atoms with E-state index >= 15 is 0 Å². The van der Waals surface area contributed by atoms with Crippen molar-refractivity contribution in [2.24, 2.45) is 0 Å². The molecule has 35 heavy (non-hydrogen) atoms. The van der Waals surface area contributed by atoms with Crippen LogP contribution in [0, 0.1) is 0 Å². The number of fused-ring (bicyclic) bond motifs is 1. The Bertz CT molecular complexity index is 1070. The van der Waals surface area contributed by atoms with Crippen molar-refractivity contribution >= 4 is 34.1 Å². The van der Waals surface area contributed by atoms with Crippen LogP contribution in [-0.2, 0) is 22.5 Å². The number of esters is 1. The van der Waals surface area contributed by atoms with E-state index in [0.717, 1.165) is 10.4 Å². The van der Waals surface area contributed by atoms with Crippen LogP contribution >= 0.6 is 11.3 Å². The van der Waals surface area contributed by atoms with E-state index in [1.165, 1.54) is 18.3 Å². The standard InChI is InChI=1S/C25H32N2O7S/c1-6-31-18-12-16(13-19(32-7-2)22(18)33-8-3)23(29)26-24-21(25(30)34-9-4)17-10-11-27(15(5)28)14-20(17)35-24/h12-13H,6-11,14H2,1-5H3,(H,26,29). The number of hydrogen-bond donors (Lipinski definition) is 1. The molecule has 0 radical (unpaired) electrons. The lowest BCUT2D eigenvalue weighted by Crippen LogP contribution is -2.34. The molecule has 0 atom stereocenters. The Morgan fingerprint density at radius 3 is 2.14 bits per heavy atom. The zero-order chi connectivity index (χ0) is 25.5. The first kappa shape index (κ1) is 26.3. The van der Waals surface area contributed by atoms with Crippen LogP contribution in [0.3, 0.4) is 0 Å². The first-order valence-electron chi connectivity index (χ1n) is 11.8. The summed E-state index contributed by atoms with van der Waals surface area (Å²) in [5.74, 6) is 0.289. The molecule has 1 aromatic heterocycles. The number of amides is 2. The van der Waals surface area contributed by atoms with Crippen molar-refractivity contribution in [3.63, 3.8) is 0 Å². The van der Waals surface area contributed by atoms with Crippen LogP contribution in [0.15, 0.2) is 12.1 Å². The molecular formula is C25H32N2O7S. The first-order valence-corrected chi connectivity index (χ1v) is 12.6. The van der Waals surface area contributed by atoms with E-state index in [4.69, 9.17) is 18.9 Å². The average molecular weight is 505 g/mol. The van der Waals surface area contributed by atoms with E-state index < -0.39 is 11.9 Å². The highest BCUT2D eigenvalue weighted by Crippen LogP contribution is 2.41. The summed E-state index contributed by atoms with van der Waals surface area (Å²) in [5.41, 5.74) is 1.47. The van der Waals surface area contributed by atoms with Crippen molar-refractivity contribution in [1.82, 2.24) is 4.90 Å². The highest BCUT2D eigenvalue weighted by molar-refractivity contribution is 7.17. The molecule has 9 nitrogen and oxygen atoms in total. The van der Waals surface area contributed by atoms with Crippen LogP contribution < -0.4 is 19.5 Å². The zero-order valence-corrected chi connectivity index (χ0v) is 21.6. The van der Waals surface area contributed by atoms with Crippen molar-refractivity contribution in [1.29, 1.82) is 0 Å². The van der Waals surface area contributed by atoms with Crippen LogP contribution in [0.5, 0.6) is 17.2 Å². The molecule has 0 saturated heterocycles. The molecule has 10 heteroatoms. The molecule has 1 aliphatic heterocycles. The molecular weight excluding hydrogens is 472 g/mol. The number of carbonyl (C=O) groups excluding carboxylic acids is 3. The second-order valence-electron chi connectivity index (χ2n) is 7.67. The summed E-state index contributed by atoms with van der Waals surface area (Å²) in [6.07, 6.45) is 0.515. The van der Waals surface area contributed by atoms with Crippen LogP contribution in [0.4, 0.5) is 5.00 Å². The lowest BCUT2D eigenvalue weighted by Gasteiger charge is -2.25. The summed E-state index contributed by atoms with van der Waals surface area (Å²) in [7, 11) is 0. The van der Waals surface area contributed by atoms with Crippen LogP contribution in [0.2, 0.25) is 0 Å². The molecule has 0 bridgehead atoms. The predicted molar refractivity (Wildman–Crippen MR) is 133 cm³/mol. The Labute approximate surface area is 209 Å². The van der Waals surface area contributed by atoms with Crippen LogP contribution in [-0.4, -0.2) is 55.7 Å².